The molecule has 0 saturated carbocycles. The van der Waals surface area contributed by atoms with Crippen LogP contribution in [0.4, 0.5) is 13.2 Å². The molecule has 0 unspecified atom stereocenters. The average molecular weight is 306 g/mol. The van der Waals surface area contributed by atoms with Gasteiger partial charge in [-0.05, 0) is 19.1 Å². The van der Waals surface area contributed by atoms with E-state index >= 15 is 0 Å². The van der Waals surface area contributed by atoms with Crippen LogP contribution in [0.2, 0.25) is 5.15 Å². The highest BCUT2D eigenvalue weighted by atomic mass is 35.5. The van der Waals surface area contributed by atoms with Gasteiger partial charge in [-0.3, -0.25) is 0 Å². The fraction of sp³-hybridized carbons (Fsp3) is 0.182. The number of carboxylic acids is 1. The minimum absolute atomic E-state index is 0.00130. The quantitative estimate of drug-likeness (QED) is 0.926. The molecular formula is C11H7ClF3N3O2. The maximum Gasteiger partial charge on any atom is 0.417 e. The smallest absolute Gasteiger partial charge is 0.417 e. The molecule has 0 amide bonds. The first kappa shape index (κ1) is 14.3. The summed E-state index contributed by atoms with van der Waals surface area (Å²) in [7, 11) is 0. The number of rotatable bonds is 2. The standard InChI is InChI=1S/C11H7ClF3N3O2/c1-5-8(10(19)20)9(12)18(17-5)7-3-2-6(4-16-7)11(13,14)15/h2-4H,1H3,(H,19,20). The summed E-state index contributed by atoms with van der Waals surface area (Å²) >= 11 is 5.85. The second-order valence-electron chi connectivity index (χ2n) is 3.87. The van der Waals surface area contributed by atoms with Gasteiger partial charge in [0.2, 0.25) is 0 Å². The Kier molecular flexibility index (Phi) is 3.43. The second kappa shape index (κ2) is 4.78. The van der Waals surface area contributed by atoms with Crippen LogP contribution in [0.15, 0.2) is 18.3 Å². The molecule has 0 saturated heterocycles. The van der Waals surface area contributed by atoms with Crippen molar-refractivity contribution in [1.29, 1.82) is 0 Å². The van der Waals surface area contributed by atoms with Crippen LogP contribution >= 0.6 is 11.6 Å². The van der Waals surface area contributed by atoms with Crippen molar-refractivity contribution in [3.8, 4) is 5.82 Å². The summed E-state index contributed by atoms with van der Waals surface area (Å²) in [4.78, 5) is 14.6. The molecule has 2 aromatic heterocycles. The van der Waals surface area contributed by atoms with Gasteiger partial charge in [0.1, 0.15) is 10.7 Å². The van der Waals surface area contributed by atoms with Gasteiger partial charge in [-0.25, -0.2) is 14.5 Å². The number of hydrogen-bond donors (Lipinski definition) is 1. The van der Waals surface area contributed by atoms with Crippen molar-refractivity contribution in [2.24, 2.45) is 0 Å². The lowest BCUT2D eigenvalue weighted by atomic mass is 10.2. The SMILES string of the molecule is Cc1nn(-c2ccc(C(F)(F)F)cn2)c(Cl)c1C(=O)O. The number of aromatic nitrogens is 3. The van der Waals surface area contributed by atoms with Crippen molar-refractivity contribution in [2.75, 3.05) is 0 Å². The van der Waals surface area contributed by atoms with Crippen molar-refractivity contribution in [1.82, 2.24) is 14.8 Å². The summed E-state index contributed by atoms with van der Waals surface area (Å²) < 4.78 is 38.2. The summed E-state index contributed by atoms with van der Waals surface area (Å²) in [5.41, 5.74) is -0.989. The van der Waals surface area contributed by atoms with E-state index in [1.807, 2.05) is 0 Å². The van der Waals surface area contributed by atoms with E-state index in [0.29, 0.717) is 6.20 Å². The van der Waals surface area contributed by atoms with E-state index in [9.17, 15) is 18.0 Å². The molecule has 0 aliphatic carbocycles. The van der Waals surface area contributed by atoms with Crippen LogP contribution in [-0.2, 0) is 6.18 Å². The molecule has 0 bridgehead atoms. The first-order valence-electron chi connectivity index (χ1n) is 5.24. The van der Waals surface area contributed by atoms with Crippen LogP contribution in [0.5, 0.6) is 0 Å². The number of carbonyl (C=O) groups is 1. The predicted molar refractivity (Wildman–Crippen MR) is 63.1 cm³/mol. The summed E-state index contributed by atoms with van der Waals surface area (Å²) in [6.07, 6.45) is -3.87. The lowest BCUT2D eigenvalue weighted by Gasteiger charge is -2.07. The average Bonchev–Trinajstić information content (AvgIpc) is 2.64. The predicted octanol–water partition coefficient (Wildman–Crippen LogP) is 2.95. The van der Waals surface area contributed by atoms with Gasteiger partial charge in [-0.2, -0.15) is 18.3 Å². The van der Waals surface area contributed by atoms with Crippen molar-refractivity contribution < 1.29 is 23.1 Å². The van der Waals surface area contributed by atoms with E-state index < -0.39 is 17.7 Å². The number of aromatic carboxylic acids is 1. The van der Waals surface area contributed by atoms with Crippen LogP contribution in [0.1, 0.15) is 21.6 Å². The molecule has 0 aliphatic rings. The molecule has 2 heterocycles. The molecule has 0 spiro atoms. The van der Waals surface area contributed by atoms with E-state index in [4.69, 9.17) is 16.7 Å². The monoisotopic (exact) mass is 305 g/mol. The van der Waals surface area contributed by atoms with Crippen LogP contribution in [0, 0.1) is 6.92 Å². The number of hydrogen-bond acceptors (Lipinski definition) is 3. The minimum atomic E-state index is -4.50. The van der Waals surface area contributed by atoms with Gasteiger partial charge in [0, 0.05) is 6.20 Å². The Hall–Kier alpha value is -2.09. The van der Waals surface area contributed by atoms with Gasteiger partial charge < -0.3 is 5.11 Å². The number of alkyl halides is 3. The molecule has 5 nitrogen and oxygen atoms in total. The normalized spacial score (nSPS) is 11.7. The van der Waals surface area contributed by atoms with Crippen LogP contribution < -0.4 is 0 Å². The molecule has 9 heteroatoms. The summed E-state index contributed by atoms with van der Waals surface area (Å²) in [6.45, 7) is 1.43. The van der Waals surface area contributed by atoms with Gasteiger partial charge in [0.15, 0.2) is 5.82 Å². The van der Waals surface area contributed by atoms with Gasteiger partial charge in [-0.15, -0.1) is 0 Å². The molecular weight excluding hydrogens is 299 g/mol. The zero-order valence-corrected chi connectivity index (χ0v) is 10.7. The third kappa shape index (κ3) is 2.46. The molecule has 1 N–H and O–H groups in total. The van der Waals surface area contributed by atoms with Crippen molar-refractivity contribution in [2.45, 2.75) is 13.1 Å². The van der Waals surface area contributed by atoms with E-state index in [-0.39, 0.29) is 22.2 Å². The molecule has 2 rings (SSSR count). The Balaban J connectivity index is 2.48. The van der Waals surface area contributed by atoms with Gasteiger partial charge in [0.05, 0.1) is 11.3 Å². The number of pyridine rings is 1. The van der Waals surface area contributed by atoms with Crippen molar-refractivity contribution >= 4 is 17.6 Å². The molecule has 0 aromatic carbocycles. The Morgan fingerprint density at radius 3 is 2.45 bits per heavy atom. The van der Waals surface area contributed by atoms with Gasteiger partial charge in [0.25, 0.3) is 0 Å². The Labute approximate surface area is 115 Å². The Morgan fingerprint density at radius 2 is 2.05 bits per heavy atom. The highest BCUT2D eigenvalue weighted by molar-refractivity contribution is 6.32. The van der Waals surface area contributed by atoms with Crippen molar-refractivity contribution in [3.05, 3.63) is 40.3 Å². The largest absolute Gasteiger partial charge is 0.478 e. The lowest BCUT2D eigenvalue weighted by Crippen LogP contribution is -2.07. The third-order valence-electron chi connectivity index (χ3n) is 2.51. The van der Waals surface area contributed by atoms with E-state index in [1.54, 1.807) is 0 Å². The summed E-state index contributed by atoms with van der Waals surface area (Å²) in [6, 6.07) is 1.88. The molecule has 106 valence electrons. The van der Waals surface area contributed by atoms with Crippen LogP contribution in [-0.4, -0.2) is 25.8 Å². The molecule has 20 heavy (non-hydrogen) atoms. The highest BCUT2D eigenvalue weighted by Gasteiger charge is 2.31. The van der Waals surface area contributed by atoms with Crippen molar-refractivity contribution in [3.63, 3.8) is 0 Å². The number of halogens is 4. The second-order valence-corrected chi connectivity index (χ2v) is 4.23. The number of carboxylic acid groups (broad SMARTS) is 1. The van der Waals surface area contributed by atoms with Gasteiger partial charge in [-0.1, -0.05) is 11.6 Å². The zero-order valence-electron chi connectivity index (χ0n) is 9.94. The zero-order chi connectivity index (χ0) is 15.1. The minimum Gasteiger partial charge on any atom is -0.478 e. The number of nitrogens with zero attached hydrogens (tertiary/aromatic N) is 3. The van der Waals surface area contributed by atoms with E-state index in [1.165, 1.54) is 6.92 Å². The number of aryl methyl sites for hydroxylation is 1. The first-order chi connectivity index (χ1) is 9.21. The molecule has 2 aromatic rings. The fourth-order valence-corrected chi connectivity index (χ4v) is 1.91. The lowest BCUT2D eigenvalue weighted by molar-refractivity contribution is -0.137. The third-order valence-corrected chi connectivity index (χ3v) is 2.86. The van der Waals surface area contributed by atoms with Gasteiger partial charge >= 0.3 is 12.1 Å². The Morgan fingerprint density at radius 1 is 1.40 bits per heavy atom. The highest BCUT2D eigenvalue weighted by Crippen LogP contribution is 2.29. The maximum absolute atomic E-state index is 12.4. The molecule has 0 aliphatic heterocycles. The molecule has 0 fully saturated rings. The topological polar surface area (TPSA) is 68.0 Å². The van der Waals surface area contributed by atoms with Crippen LogP contribution in [0.3, 0.4) is 0 Å². The summed E-state index contributed by atoms with van der Waals surface area (Å²) in [5.74, 6) is -1.27. The summed E-state index contributed by atoms with van der Waals surface area (Å²) in [5, 5.41) is 12.6. The van der Waals surface area contributed by atoms with E-state index in [0.717, 1.165) is 16.8 Å². The maximum atomic E-state index is 12.4. The molecule has 0 radical (unpaired) electrons. The Bertz CT molecular complexity index is 665. The molecule has 0 atom stereocenters. The fourth-order valence-electron chi connectivity index (χ4n) is 1.57. The van der Waals surface area contributed by atoms with Crippen LogP contribution in [0.25, 0.3) is 5.82 Å². The van der Waals surface area contributed by atoms with E-state index in [2.05, 4.69) is 10.1 Å². The first-order valence-corrected chi connectivity index (χ1v) is 5.61.